The Morgan fingerprint density at radius 1 is 0.842 bits per heavy atom. The molecule has 3 aromatic carbocycles. The molecule has 1 saturated heterocycles. The molecule has 2 aliphatic rings. The Labute approximate surface area is 225 Å². The van der Waals surface area contributed by atoms with E-state index >= 15 is 0 Å². The van der Waals surface area contributed by atoms with Crippen molar-refractivity contribution in [2.45, 2.75) is 45.6 Å². The van der Waals surface area contributed by atoms with Crippen LogP contribution in [0.3, 0.4) is 0 Å². The molecule has 2 N–H and O–H groups in total. The molecule has 6 heteroatoms. The molecule has 0 bridgehead atoms. The summed E-state index contributed by atoms with van der Waals surface area (Å²) < 4.78 is 5.42. The average Bonchev–Trinajstić information content (AvgIpc) is 2.96. The van der Waals surface area contributed by atoms with E-state index in [0.29, 0.717) is 5.56 Å². The van der Waals surface area contributed by atoms with Crippen LogP contribution in [0.1, 0.15) is 53.6 Å². The van der Waals surface area contributed by atoms with Crippen LogP contribution >= 0.6 is 0 Å². The first-order valence-electron chi connectivity index (χ1n) is 13.8. The molecule has 1 heterocycles. The smallest absolute Gasteiger partial charge is 0.255 e. The van der Waals surface area contributed by atoms with Gasteiger partial charge < -0.3 is 15.4 Å². The van der Waals surface area contributed by atoms with Crippen molar-refractivity contribution in [2.75, 3.05) is 36.9 Å². The number of hydrogen-bond donors (Lipinski definition) is 2. The number of benzene rings is 3. The molecule has 5 rings (SSSR count). The van der Waals surface area contributed by atoms with Crippen LogP contribution < -0.4 is 10.6 Å². The molecule has 1 saturated carbocycles. The van der Waals surface area contributed by atoms with Gasteiger partial charge in [0.15, 0.2) is 0 Å². The predicted molar refractivity (Wildman–Crippen MR) is 152 cm³/mol. The number of rotatable bonds is 7. The third kappa shape index (κ3) is 6.69. The van der Waals surface area contributed by atoms with E-state index in [1.54, 1.807) is 0 Å². The van der Waals surface area contributed by atoms with Gasteiger partial charge >= 0.3 is 0 Å². The molecule has 0 atom stereocenters. The molecular formula is C32H37N3O3. The summed E-state index contributed by atoms with van der Waals surface area (Å²) in [6.07, 6.45) is 5.46. The zero-order valence-corrected chi connectivity index (χ0v) is 22.2. The van der Waals surface area contributed by atoms with Crippen LogP contribution in [-0.2, 0) is 16.1 Å². The number of nitrogens with one attached hydrogen (secondary N) is 2. The van der Waals surface area contributed by atoms with Crippen LogP contribution in [0.5, 0.6) is 0 Å². The zero-order chi connectivity index (χ0) is 26.3. The average molecular weight is 512 g/mol. The van der Waals surface area contributed by atoms with Crippen molar-refractivity contribution in [3.63, 3.8) is 0 Å². The molecule has 198 valence electrons. The third-order valence-corrected chi connectivity index (χ3v) is 7.66. The van der Waals surface area contributed by atoms with E-state index in [1.807, 2.05) is 54.6 Å². The van der Waals surface area contributed by atoms with Gasteiger partial charge in [0, 0.05) is 42.5 Å². The van der Waals surface area contributed by atoms with Gasteiger partial charge in [-0.1, -0.05) is 49.6 Å². The molecule has 1 aliphatic heterocycles. The molecule has 0 spiro atoms. The molecule has 2 fully saturated rings. The molecule has 3 aromatic rings. The van der Waals surface area contributed by atoms with Gasteiger partial charge in [-0.25, -0.2) is 0 Å². The number of hydrogen-bond acceptors (Lipinski definition) is 4. The Bertz CT molecular complexity index is 1240. The van der Waals surface area contributed by atoms with Crippen molar-refractivity contribution in [3.05, 3.63) is 83.4 Å². The van der Waals surface area contributed by atoms with E-state index in [4.69, 9.17) is 4.74 Å². The summed E-state index contributed by atoms with van der Waals surface area (Å²) in [4.78, 5) is 28.0. The van der Waals surface area contributed by atoms with Crippen LogP contribution in [0.2, 0.25) is 0 Å². The van der Waals surface area contributed by atoms with Gasteiger partial charge in [-0.3, -0.25) is 14.5 Å². The summed E-state index contributed by atoms with van der Waals surface area (Å²) >= 11 is 0. The molecule has 1 aliphatic carbocycles. The van der Waals surface area contributed by atoms with Crippen molar-refractivity contribution >= 4 is 23.2 Å². The lowest BCUT2D eigenvalue weighted by Crippen LogP contribution is -2.35. The first-order valence-corrected chi connectivity index (χ1v) is 13.8. The van der Waals surface area contributed by atoms with Crippen molar-refractivity contribution < 1.29 is 14.3 Å². The summed E-state index contributed by atoms with van der Waals surface area (Å²) in [5.74, 6) is 0.107. The normalized spacial score (nSPS) is 16.7. The number of amides is 2. The van der Waals surface area contributed by atoms with Gasteiger partial charge in [0.2, 0.25) is 5.91 Å². The van der Waals surface area contributed by atoms with Crippen molar-refractivity contribution in [1.82, 2.24) is 4.90 Å². The van der Waals surface area contributed by atoms with E-state index < -0.39 is 0 Å². The van der Waals surface area contributed by atoms with Gasteiger partial charge in [0.05, 0.1) is 13.2 Å². The minimum absolute atomic E-state index is 0.118. The molecule has 0 aromatic heterocycles. The van der Waals surface area contributed by atoms with E-state index in [9.17, 15) is 9.59 Å². The maximum Gasteiger partial charge on any atom is 0.255 e. The summed E-state index contributed by atoms with van der Waals surface area (Å²) in [5.41, 5.74) is 6.61. The standard InChI is InChI=1S/C32H37N3O3/c1-23-7-14-29(34-31(36)26-5-3-2-4-6-26)21-30(23)25-10-12-27(13-11-25)32(37)33-28-15-8-24(9-16-28)22-35-17-19-38-20-18-35/h7-16,21,26H,2-6,17-20,22H2,1H3,(H,33,37)(H,34,36). The number of carbonyl (C=O) groups is 2. The first kappa shape index (κ1) is 26.1. The van der Waals surface area contributed by atoms with Crippen LogP contribution in [0.4, 0.5) is 11.4 Å². The molecule has 0 radical (unpaired) electrons. The summed E-state index contributed by atoms with van der Waals surface area (Å²) in [7, 11) is 0. The number of carbonyl (C=O) groups excluding carboxylic acids is 2. The quantitative estimate of drug-likeness (QED) is 0.393. The van der Waals surface area contributed by atoms with Crippen molar-refractivity contribution in [1.29, 1.82) is 0 Å². The second-order valence-corrected chi connectivity index (χ2v) is 10.5. The largest absolute Gasteiger partial charge is 0.379 e. The minimum atomic E-state index is -0.136. The van der Waals surface area contributed by atoms with Crippen molar-refractivity contribution in [3.8, 4) is 11.1 Å². The maximum absolute atomic E-state index is 12.9. The number of aryl methyl sites for hydroxylation is 1. The SMILES string of the molecule is Cc1ccc(NC(=O)C2CCCCC2)cc1-c1ccc(C(=O)Nc2ccc(CN3CCOCC3)cc2)cc1. The number of anilines is 2. The Morgan fingerprint density at radius 3 is 2.24 bits per heavy atom. The molecule has 2 amide bonds. The highest BCUT2D eigenvalue weighted by Crippen LogP contribution is 2.29. The molecule has 0 unspecified atom stereocenters. The second-order valence-electron chi connectivity index (χ2n) is 10.5. The molecule has 38 heavy (non-hydrogen) atoms. The molecule has 6 nitrogen and oxygen atoms in total. The highest BCUT2D eigenvalue weighted by molar-refractivity contribution is 6.04. The second kappa shape index (κ2) is 12.4. The number of nitrogens with zero attached hydrogens (tertiary/aromatic N) is 1. The van der Waals surface area contributed by atoms with E-state index in [0.717, 1.165) is 86.6 Å². The summed E-state index contributed by atoms with van der Waals surface area (Å²) in [6, 6.07) is 21.7. The lowest BCUT2D eigenvalue weighted by atomic mass is 9.88. The fourth-order valence-corrected chi connectivity index (χ4v) is 5.34. The van der Waals surface area contributed by atoms with Gasteiger partial charge in [-0.2, -0.15) is 0 Å². The highest BCUT2D eigenvalue weighted by atomic mass is 16.5. The number of ether oxygens (including phenoxy) is 1. The minimum Gasteiger partial charge on any atom is -0.379 e. The van der Waals surface area contributed by atoms with E-state index in [1.165, 1.54) is 12.0 Å². The number of morpholine rings is 1. The van der Waals surface area contributed by atoms with Gasteiger partial charge in [0.1, 0.15) is 0 Å². The molecular weight excluding hydrogens is 474 g/mol. The fourth-order valence-electron chi connectivity index (χ4n) is 5.34. The Kier molecular flexibility index (Phi) is 8.51. The highest BCUT2D eigenvalue weighted by Gasteiger charge is 2.21. The zero-order valence-electron chi connectivity index (χ0n) is 22.2. The van der Waals surface area contributed by atoms with Crippen LogP contribution in [0.25, 0.3) is 11.1 Å². The fraction of sp³-hybridized carbons (Fsp3) is 0.375. The lowest BCUT2D eigenvalue weighted by molar-refractivity contribution is -0.120. The summed E-state index contributed by atoms with van der Waals surface area (Å²) in [6.45, 7) is 6.43. The third-order valence-electron chi connectivity index (χ3n) is 7.66. The lowest BCUT2D eigenvalue weighted by Gasteiger charge is -2.26. The van der Waals surface area contributed by atoms with E-state index in [-0.39, 0.29) is 17.7 Å². The van der Waals surface area contributed by atoms with Crippen LogP contribution in [0.15, 0.2) is 66.7 Å². The predicted octanol–water partition coefficient (Wildman–Crippen LogP) is 6.27. The van der Waals surface area contributed by atoms with Crippen LogP contribution in [0, 0.1) is 12.8 Å². The van der Waals surface area contributed by atoms with Gasteiger partial charge in [-0.05, 0) is 78.4 Å². The van der Waals surface area contributed by atoms with Crippen LogP contribution in [-0.4, -0.2) is 43.0 Å². The Balaban J connectivity index is 1.20. The topological polar surface area (TPSA) is 70.7 Å². The Morgan fingerprint density at radius 2 is 1.53 bits per heavy atom. The first-order chi connectivity index (χ1) is 18.5. The maximum atomic E-state index is 12.9. The van der Waals surface area contributed by atoms with Crippen molar-refractivity contribution in [2.24, 2.45) is 5.92 Å². The van der Waals surface area contributed by atoms with E-state index in [2.05, 4.69) is 34.6 Å². The summed E-state index contributed by atoms with van der Waals surface area (Å²) in [5, 5.41) is 6.12. The monoisotopic (exact) mass is 511 g/mol. The van der Waals surface area contributed by atoms with Gasteiger partial charge in [-0.15, -0.1) is 0 Å². The van der Waals surface area contributed by atoms with Gasteiger partial charge in [0.25, 0.3) is 5.91 Å². The Hall–Kier alpha value is -3.48.